The van der Waals surface area contributed by atoms with E-state index in [-0.39, 0.29) is 34.6 Å². The molecule has 0 spiro atoms. The lowest BCUT2D eigenvalue weighted by atomic mass is 10.1. The molecule has 1 amide bonds. The maximum absolute atomic E-state index is 14.9. The van der Waals surface area contributed by atoms with Crippen LogP contribution in [-0.2, 0) is 18.4 Å². The average Bonchev–Trinajstić information content (AvgIpc) is 2.97. The molecule has 0 radical (unpaired) electrons. The van der Waals surface area contributed by atoms with Crippen molar-refractivity contribution in [3.05, 3.63) is 103 Å². The molecular weight excluding hydrogens is 652 g/mol. The highest BCUT2D eigenvalue weighted by atomic mass is 127. The number of nitrogens with one attached hydrogen (secondary N) is 4. The third-order valence-corrected chi connectivity index (χ3v) is 7.24. The zero-order valence-electron chi connectivity index (χ0n) is 23.6. The first-order chi connectivity index (χ1) is 20.1. The second-order valence-corrected chi connectivity index (χ2v) is 10.6. The number of methoxy groups -OCH3 is 1. The molecule has 4 aromatic rings. The number of rotatable bonds is 10. The molecule has 4 N–H and O–H groups in total. The molecule has 0 unspecified atom stereocenters. The second kappa shape index (κ2) is 13.5. The van der Waals surface area contributed by atoms with Gasteiger partial charge in [-0.3, -0.25) is 19.6 Å². The first-order valence-corrected chi connectivity index (χ1v) is 14.2. The Kier molecular flexibility index (Phi) is 9.84. The van der Waals surface area contributed by atoms with Crippen LogP contribution in [0.4, 0.5) is 21.6 Å². The number of hydrogen-bond acceptors (Lipinski definition) is 6. The fraction of sp³-hybridized carbons (Fsp3) is 0.194. The number of anilines is 3. The number of amidine groups is 1. The average molecular weight is 684 g/mol. The van der Waals surface area contributed by atoms with Crippen LogP contribution in [0.5, 0.6) is 17.2 Å². The molecule has 0 aliphatic rings. The van der Waals surface area contributed by atoms with E-state index in [0.29, 0.717) is 39.3 Å². The summed E-state index contributed by atoms with van der Waals surface area (Å²) in [5, 5.41) is 18.0. The Morgan fingerprint density at radius 2 is 1.79 bits per heavy atom. The van der Waals surface area contributed by atoms with E-state index < -0.39 is 11.4 Å². The van der Waals surface area contributed by atoms with E-state index >= 15 is 0 Å². The molecule has 42 heavy (non-hydrogen) atoms. The highest BCUT2D eigenvalue weighted by Gasteiger charge is 2.22. The van der Waals surface area contributed by atoms with E-state index in [0.717, 1.165) is 5.56 Å². The molecule has 9 nitrogen and oxygen atoms in total. The van der Waals surface area contributed by atoms with Crippen LogP contribution >= 0.6 is 22.6 Å². The van der Waals surface area contributed by atoms with Crippen LogP contribution in [0.1, 0.15) is 30.0 Å². The Labute approximate surface area is 256 Å². The normalized spacial score (nSPS) is 10.6. The number of aromatic nitrogens is 1. The Morgan fingerprint density at radius 3 is 2.45 bits per heavy atom. The topological polar surface area (TPSA) is 117 Å². The minimum atomic E-state index is -0.514. The Morgan fingerprint density at radius 1 is 1.05 bits per heavy atom. The van der Waals surface area contributed by atoms with Crippen molar-refractivity contribution in [3.63, 3.8) is 0 Å². The number of ether oxygens (including phenoxy) is 2. The van der Waals surface area contributed by atoms with Crippen LogP contribution in [0, 0.1) is 21.7 Å². The van der Waals surface area contributed by atoms with E-state index in [4.69, 9.17) is 14.9 Å². The smallest absolute Gasteiger partial charge is 0.255 e. The predicted molar refractivity (Wildman–Crippen MR) is 171 cm³/mol. The van der Waals surface area contributed by atoms with Crippen molar-refractivity contribution in [2.75, 3.05) is 17.7 Å². The molecule has 1 heterocycles. The lowest BCUT2D eigenvalue weighted by Gasteiger charge is -2.22. The number of hydrogen-bond donors (Lipinski definition) is 4. The van der Waals surface area contributed by atoms with Crippen LogP contribution in [0.15, 0.2) is 71.5 Å². The maximum atomic E-state index is 14.9. The molecule has 0 saturated heterocycles. The van der Waals surface area contributed by atoms with Gasteiger partial charge in [0.2, 0.25) is 5.91 Å². The zero-order chi connectivity index (χ0) is 30.4. The van der Waals surface area contributed by atoms with Gasteiger partial charge in [0.1, 0.15) is 40.3 Å². The Balaban J connectivity index is 1.78. The standard InChI is InChI=1S/C31H31FIN5O4/c1-5-27(39)36-23-7-6-8-25(18(23)2)42-26-16-28(40)38(3)31(37-24-14-11-20(33)15-22(24)32)29(26)30(34)35-17-19-9-12-21(41-4)13-10-19/h6-16,37H,5,17H2,1-4H3,(H2,34,35)(H,36,39). The molecule has 218 valence electrons. The summed E-state index contributed by atoms with van der Waals surface area (Å²) < 4.78 is 28.4. The Bertz CT molecular complexity index is 1690. The molecular formula is C31H31FIN5O4. The van der Waals surface area contributed by atoms with E-state index in [1.807, 2.05) is 46.9 Å². The number of pyridine rings is 1. The molecule has 4 rings (SSSR count). The molecule has 3 aromatic carbocycles. The molecule has 0 saturated carbocycles. The van der Waals surface area contributed by atoms with Crippen molar-refractivity contribution in [2.45, 2.75) is 26.8 Å². The molecule has 11 heteroatoms. The SMILES string of the molecule is CCC(=O)Nc1cccc(Oc2cc(=O)n(C)c(Nc3ccc(I)cc3F)c2C(=N)NCc2ccc(OC)cc2)c1C. The van der Waals surface area contributed by atoms with Crippen molar-refractivity contribution < 1.29 is 18.7 Å². The van der Waals surface area contributed by atoms with Gasteiger partial charge in [-0.05, 0) is 77.5 Å². The molecule has 0 aliphatic carbocycles. The number of carbonyl (C=O) groups excluding carboxylic acids is 1. The van der Waals surface area contributed by atoms with E-state index in [9.17, 15) is 14.0 Å². The van der Waals surface area contributed by atoms with E-state index in [1.165, 1.54) is 23.7 Å². The minimum absolute atomic E-state index is 0.0575. The lowest BCUT2D eigenvalue weighted by molar-refractivity contribution is -0.115. The first-order valence-electron chi connectivity index (χ1n) is 13.1. The van der Waals surface area contributed by atoms with Crippen LogP contribution in [0.2, 0.25) is 0 Å². The summed E-state index contributed by atoms with van der Waals surface area (Å²) >= 11 is 2.01. The van der Waals surface area contributed by atoms with Gasteiger partial charge < -0.3 is 25.4 Å². The highest BCUT2D eigenvalue weighted by molar-refractivity contribution is 14.1. The number of halogens is 2. The quantitative estimate of drug-likeness (QED) is 0.0869. The summed E-state index contributed by atoms with van der Waals surface area (Å²) in [4.78, 5) is 25.2. The highest BCUT2D eigenvalue weighted by Crippen LogP contribution is 2.35. The first kappa shape index (κ1) is 30.6. The molecule has 0 fully saturated rings. The summed E-state index contributed by atoms with van der Waals surface area (Å²) in [6.45, 7) is 3.83. The maximum Gasteiger partial charge on any atom is 0.255 e. The van der Waals surface area contributed by atoms with Gasteiger partial charge in [-0.15, -0.1) is 0 Å². The number of benzene rings is 3. The number of amides is 1. The van der Waals surface area contributed by atoms with E-state index in [1.54, 1.807) is 51.3 Å². The lowest BCUT2D eigenvalue weighted by Crippen LogP contribution is -2.29. The predicted octanol–water partition coefficient (Wildman–Crippen LogP) is 6.45. The third-order valence-electron chi connectivity index (χ3n) is 6.57. The number of nitrogens with zero attached hydrogens (tertiary/aromatic N) is 1. The van der Waals surface area contributed by atoms with Crippen LogP contribution in [-0.4, -0.2) is 23.4 Å². The Hall–Kier alpha value is -4.39. The zero-order valence-corrected chi connectivity index (χ0v) is 25.8. The van der Waals surface area contributed by atoms with Crippen LogP contribution in [0.3, 0.4) is 0 Å². The van der Waals surface area contributed by atoms with Gasteiger partial charge in [0.05, 0.1) is 12.8 Å². The van der Waals surface area contributed by atoms with Gasteiger partial charge in [0.25, 0.3) is 5.56 Å². The van der Waals surface area contributed by atoms with Gasteiger partial charge in [-0.2, -0.15) is 0 Å². The summed E-state index contributed by atoms with van der Waals surface area (Å²) in [7, 11) is 3.12. The van der Waals surface area contributed by atoms with Gasteiger partial charge in [0.15, 0.2) is 0 Å². The van der Waals surface area contributed by atoms with Gasteiger partial charge in [-0.25, -0.2) is 4.39 Å². The van der Waals surface area contributed by atoms with Gasteiger partial charge in [-0.1, -0.05) is 25.1 Å². The largest absolute Gasteiger partial charge is 0.497 e. The third kappa shape index (κ3) is 7.08. The molecule has 0 bridgehead atoms. The van der Waals surface area contributed by atoms with Crippen molar-refractivity contribution in [3.8, 4) is 17.2 Å². The van der Waals surface area contributed by atoms with Gasteiger partial charge in [0, 0.05) is 40.9 Å². The molecule has 0 aliphatic heterocycles. The monoisotopic (exact) mass is 683 g/mol. The number of carbonyl (C=O) groups is 1. The summed E-state index contributed by atoms with van der Waals surface area (Å²) in [6, 6.07) is 18.5. The van der Waals surface area contributed by atoms with Crippen molar-refractivity contribution in [1.82, 2.24) is 9.88 Å². The van der Waals surface area contributed by atoms with E-state index in [2.05, 4.69) is 16.0 Å². The minimum Gasteiger partial charge on any atom is -0.497 e. The summed E-state index contributed by atoms with van der Waals surface area (Å²) in [5.41, 5.74) is 2.01. The summed E-state index contributed by atoms with van der Waals surface area (Å²) in [6.07, 6.45) is 0.310. The van der Waals surface area contributed by atoms with Crippen molar-refractivity contribution in [2.24, 2.45) is 7.05 Å². The van der Waals surface area contributed by atoms with Gasteiger partial charge >= 0.3 is 0 Å². The summed E-state index contributed by atoms with van der Waals surface area (Å²) in [5.74, 6) is 0.616. The second-order valence-electron chi connectivity index (χ2n) is 9.39. The van der Waals surface area contributed by atoms with Crippen LogP contribution in [0.25, 0.3) is 0 Å². The van der Waals surface area contributed by atoms with Crippen LogP contribution < -0.4 is 31.0 Å². The van der Waals surface area contributed by atoms with Crippen molar-refractivity contribution >= 4 is 51.5 Å². The fourth-order valence-electron chi connectivity index (χ4n) is 4.10. The molecule has 0 atom stereocenters. The fourth-order valence-corrected chi connectivity index (χ4v) is 4.56. The van der Waals surface area contributed by atoms with Crippen molar-refractivity contribution in [1.29, 1.82) is 5.41 Å². The molecule has 1 aromatic heterocycles.